The molecule has 1 fully saturated rings. The van der Waals surface area contributed by atoms with E-state index in [9.17, 15) is 9.59 Å². The highest BCUT2D eigenvalue weighted by molar-refractivity contribution is 7.98. The lowest BCUT2D eigenvalue weighted by Gasteiger charge is -2.23. The molecule has 0 saturated carbocycles. The monoisotopic (exact) mass is 216 g/mol. The number of hydrogen-bond donors (Lipinski definition) is 2. The second-order valence-electron chi connectivity index (χ2n) is 3.35. The molecule has 1 saturated heterocycles. The quantitative estimate of drug-likeness (QED) is 0.702. The summed E-state index contributed by atoms with van der Waals surface area (Å²) >= 11 is 1.66. The number of carbonyl (C=O) groups is 2. The number of piperidine rings is 1. The van der Waals surface area contributed by atoms with Crippen LogP contribution in [0, 0.1) is 0 Å². The van der Waals surface area contributed by atoms with Gasteiger partial charge in [-0.15, -0.1) is 0 Å². The Morgan fingerprint density at radius 1 is 1.71 bits per heavy atom. The second kappa shape index (κ2) is 5.90. The molecule has 5 heteroatoms. The molecule has 1 unspecified atom stereocenters. The maximum atomic E-state index is 11.3. The minimum absolute atomic E-state index is 0.0830. The highest BCUT2D eigenvalue weighted by Gasteiger charge is 2.18. The Balaban J connectivity index is 2.17. The third-order valence-electron chi connectivity index (χ3n) is 2.16. The van der Waals surface area contributed by atoms with Crippen molar-refractivity contribution >= 4 is 23.6 Å². The zero-order valence-electron chi connectivity index (χ0n) is 8.34. The van der Waals surface area contributed by atoms with Crippen molar-refractivity contribution in [1.29, 1.82) is 0 Å². The minimum Gasteiger partial charge on any atom is -0.354 e. The molecule has 0 aromatic heterocycles. The van der Waals surface area contributed by atoms with Crippen LogP contribution in [0.25, 0.3) is 0 Å². The van der Waals surface area contributed by atoms with Crippen LogP contribution in [-0.4, -0.2) is 36.4 Å². The molecule has 2 N–H and O–H groups in total. The van der Waals surface area contributed by atoms with E-state index < -0.39 is 0 Å². The molecule has 1 aliphatic heterocycles. The van der Waals surface area contributed by atoms with Gasteiger partial charge in [-0.2, -0.15) is 11.8 Å². The fraction of sp³-hybridized carbons (Fsp3) is 0.778. The van der Waals surface area contributed by atoms with Gasteiger partial charge in [-0.1, -0.05) is 0 Å². The summed E-state index contributed by atoms with van der Waals surface area (Å²) in [6.45, 7) is 0.573. The molecule has 0 spiro atoms. The van der Waals surface area contributed by atoms with Crippen molar-refractivity contribution in [3.63, 3.8) is 0 Å². The predicted molar refractivity (Wildman–Crippen MR) is 57.2 cm³/mol. The van der Waals surface area contributed by atoms with Gasteiger partial charge in [0.15, 0.2) is 0 Å². The normalized spacial score (nSPS) is 21.5. The van der Waals surface area contributed by atoms with E-state index in [1.807, 2.05) is 6.26 Å². The van der Waals surface area contributed by atoms with Crippen molar-refractivity contribution in [3.05, 3.63) is 0 Å². The van der Waals surface area contributed by atoms with Gasteiger partial charge < -0.3 is 10.6 Å². The van der Waals surface area contributed by atoms with Gasteiger partial charge in [0.25, 0.3) is 0 Å². The molecular formula is C9H16N2O2S. The first-order valence-electron chi connectivity index (χ1n) is 4.77. The number of amides is 2. The largest absolute Gasteiger partial charge is 0.354 e. The average molecular weight is 216 g/mol. The zero-order chi connectivity index (χ0) is 10.4. The SMILES string of the molecule is CSCCC(=O)NC1CCC(=O)NC1. The first-order chi connectivity index (χ1) is 6.72. The summed E-state index contributed by atoms with van der Waals surface area (Å²) < 4.78 is 0. The van der Waals surface area contributed by atoms with Crippen molar-refractivity contribution in [2.24, 2.45) is 0 Å². The van der Waals surface area contributed by atoms with E-state index in [1.54, 1.807) is 11.8 Å². The summed E-state index contributed by atoms with van der Waals surface area (Å²) in [5, 5.41) is 5.64. The maximum Gasteiger partial charge on any atom is 0.221 e. The van der Waals surface area contributed by atoms with Gasteiger partial charge in [0, 0.05) is 31.2 Å². The van der Waals surface area contributed by atoms with Gasteiger partial charge in [-0.3, -0.25) is 9.59 Å². The second-order valence-corrected chi connectivity index (χ2v) is 4.34. The lowest BCUT2D eigenvalue weighted by atomic mass is 10.1. The summed E-state index contributed by atoms with van der Waals surface area (Å²) in [5.74, 6) is 1.02. The number of thioether (sulfide) groups is 1. The molecule has 0 aromatic rings. The molecule has 1 atom stereocenters. The minimum atomic E-state index is 0.0830. The molecule has 1 rings (SSSR count). The molecule has 0 bridgehead atoms. The van der Waals surface area contributed by atoms with Crippen LogP contribution in [0.4, 0.5) is 0 Å². The topological polar surface area (TPSA) is 58.2 Å². The van der Waals surface area contributed by atoms with Crippen LogP contribution in [0.5, 0.6) is 0 Å². The van der Waals surface area contributed by atoms with Crippen LogP contribution in [0.1, 0.15) is 19.3 Å². The molecule has 0 aromatic carbocycles. The Morgan fingerprint density at radius 3 is 3.07 bits per heavy atom. The molecule has 1 aliphatic rings. The van der Waals surface area contributed by atoms with E-state index in [0.29, 0.717) is 19.4 Å². The van der Waals surface area contributed by atoms with Crippen LogP contribution in [0.15, 0.2) is 0 Å². The molecular weight excluding hydrogens is 200 g/mol. The van der Waals surface area contributed by atoms with E-state index in [1.165, 1.54) is 0 Å². The van der Waals surface area contributed by atoms with Gasteiger partial charge in [0.1, 0.15) is 0 Å². The smallest absolute Gasteiger partial charge is 0.221 e. The number of carbonyl (C=O) groups excluding carboxylic acids is 2. The maximum absolute atomic E-state index is 11.3. The van der Waals surface area contributed by atoms with Crippen molar-refractivity contribution in [2.75, 3.05) is 18.6 Å². The van der Waals surface area contributed by atoms with E-state index in [-0.39, 0.29) is 17.9 Å². The van der Waals surface area contributed by atoms with Crippen molar-refractivity contribution in [2.45, 2.75) is 25.3 Å². The fourth-order valence-electron chi connectivity index (χ4n) is 1.35. The first kappa shape index (κ1) is 11.4. The predicted octanol–water partition coefficient (Wildman–Crippen LogP) is 0.134. The summed E-state index contributed by atoms with van der Waals surface area (Å²) in [6, 6.07) is 0.127. The van der Waals surface area contributed by atoms with Gasteiger partial charge >= 0.3 is 0 Å². The Kier molecular flexibility index (Phi) is 4.79. The highest BCUT2D eigenvalue weighted by atomic mass is 32.2. The van der Waals surface area contributed by atoms with Gasteiger partial charge in [-0.25, -0.2) is 0 Å². The summed E-state index contributed by atoms with van der Waals surface area (Å²) in [6.07, 6.45) is 3.82. The zero-order valence-corrected chi connectivity index (χ0v) is 9.15. The first-order valence-corrected chi connectivity index (χ1v) is 6.16. The Hall–Kier alpha value is -0.710. The molecule has 14 heavy (non-hydrogen) atoms. The molecule has 1 heterocycles. The van der Waals surface area contributed by atoms with E-state index >= 15 is 0 Å². The summed E-state index contributed by atoms with van der Waals surface area (Å²) in [4.78, 5) is 22.2. The third-order valence-corrected chi connectivity index (χ3v) is 2.78. The standard InChI is InChI=1S/C9H16N2O2S/c1-14-5-4-9(13)11-7-2-3-8(12)10-6-7/h7H,2-6H2,1H3,(H,10,12)(H,11,13). The number of rotatable bonds is 4. The third kappa shape index (κ3) is 4.00. The van der Waals surface area contributed by atoms with Gasteiger partial charge in [0.2, 0.25) is 11.8 Å². The average Bonchev–Trinajstić information content (AvgIpc) is 2.18. The molecule has 2 amide bonds. The fourth-order valence-corrected chi connectivity index (χ4v) is 1.74. The Labute approximate surface area is 88.2 Å². The van der Waals surface area contributed by atoms with Crippen molar-refractivity contribution < 1.29 is 9.59 Å². The number of nitrogens with one attached hydrogen (secondary N) is 2. The lowest BCUT2D eigenvalue weighted by Crippen LogP contribution is -2.47. The van der Waals surface area contributed by atoms with Crippen LogP contribution in [-0.2, 0) is 9.59 Å². The molecule has 4 nitrogen and oxygen atoms in total. The lowest BCUT2D eigenvalue weighted by molar-refractivity contribution is -0.125. The molecule has 0 radical (unpaired) electrons. The van der Waals surface area contributed by atoms with E-state index in [0.717, 1.165) is 12.2 Å². The van der Waals surface area contributed by atoms with Crippen molar-refractivity contribution in [3.8, 4) is 0 Å². The van der Waals surface area contributed by atoms with Gasteiger partial charge in [-0.05, 0) is 12.7 Å². The number of hydrogen-bond acceptors (Lipinski definition) is 3. The summed E-state index contributed by atoms with van der Waals surface area (Å²) in [5.41, 5.74) is 0. The Bertz CT molecular complexity index is 211. The van der Waals surface area contributed by atoms with E-state index in [2.05, 4.69) is 10.6 Å². The highest BCUT2D eigenvalue weighted by Crippen LogP contribution is 2.03. The molecule has 0 aliphatic carbocycles. The van der Waals surface area contributed by atoms with Gasteiger partial charge in [0.05, 0.1) is 0 Å². The Morgan fingerprint density at radius 2 is 2.50 bits per heavy atom. The van der Waals surface area contributed by atoms with Crippen LogP contribution < -0.4 is 10.6 Å². The van der Waals surface area contributed by atoms with E-state index in [4.69, 9.17) is 0 Å². The van der Waals surface area contributed by atoms with Crippen LogP contribution in [0.3, 0.4) is 0 Å². The van der Waals surface area contributed by atoms with Crippen molar-refractivity contribution in [1.82, 2.24) is 10.6 Å². The summed E-state index contributed by atoms with van der Waals surface area (Å²) in [7, 11) is 0. The van der Waals surface area contributed by atoms with Crippen LogP contribution >= 0.6 is 11.8 Å². The van der Waals surface area contributed by atoms with Crippen LogP contribution in [0.2, 0.25) is 0 Å². The molecule has 80 valence electrons.